The van der Waals surface area contributed by atoms with E-state index in [-0.39, 0.29) is 52.8 Å². The van der Waals surface area contributed by atoms with Crippen LogP contribution >= 0.6 is 23.2 Å². The molecular weight excluding hydrogens is 502 g/mol. The molecule has 0 atom stereocenters. The molecule has 0 aliphatic carbocycles. The molecule has 0 radical (unpaired) electrons. The van der Waals surface area contributed by atoms with Crippen molar-refractivity contribution in [3.63, 3.8) is 0 Å². The second-order valence-corrected chi connectivity index (χ2v) is 8.89. The van der Waals surface area contributed by atoms with Gasteiger partial charge in [-0.1, -0.05) is 35.3 Å². The van der Waals surface area contributed by atoms with Crippen molar-refractivity contribution in [2.45, 2.75) is 18.4 Å². The molecule has 1 fully saturated rings. The number of hydrogen-bond acceptors (Lipinski definition) is 6. The molecule has 3 N–H and O–H groups in total. The molecular formula is C23H21Cl2KN6O2. The van der Waals surface area contributed by atoms with Crippen LogP contribution in [0.15, 0.2) is 54.9 Å². The third-order valence-electron chi connectivity index (χ3n) is 6.01. The van der Waals surface area contributed by atoms with Gasteiger partial charge in [-0.2, -0.15) is 0 Å². The maximum Gasteiger partial charge on any atom is 1.00 e. The molecule has 8 nitrogen and oxygen atoms in total. The van der Waals surface area contributed by atoms with Crippen LogP contribution in [0, 0.1) is 0 Å². The number of nitrogens with zero attached hydrogens (tertiary/aromatic N) is 5. The number of benzene rings is 2. The van der Waals surface area contributed by atoms with E-state index in [1.54, 1.807) is 12.1 Å². The van der Waals surface area contributed by atoms with E-state index in [0.29, 0.717) is 58.8 Å². The molecule has 0 bridgehead atoms. The fraction of sp³-hybridized carbons (Fsp3) is 0.217. The summed E-state index contributed by atoms with van der Waals surface area (Å²) >= 11 is 12.6. The van der Waals surface area contributed by atoms with Crippen molar-refractivity contribution in [3.05, 3.63) is 64.9 Å². The minimum absolute atomic E-state index is 0. The van der Waals surface area contributed by atoms with Gasteiger partial charge < -0.3 is 17.2 Å². The van der Waals surface area contributed by atoms with E-state index < -0.39 is 11.5 Å². The quantitative estimate of drug-likeness (QED) is 0.388. The van der Waals surface area contributed by atoms with Crippen LogP contribution in [0.3, 0.4) is 0 Å². The number of carboxylic acids is 1. The zero-order valence-electron chi connectivity index (χ0n) is 19.4. The van der Waals surface area contributed by atoms with E-state index in [9.17, 15) is 9.90 Å². The van der Waals surface area contributed by atoms with Crippen LogP contribution in [0.25, 0.3) is 28.2 Å². The standard InChI is InChI=1S/C23H20Cl2N6O2.K.H/c24-14-5-7-15(8-6-14)31-19(16-3-1-2-4-17(16)25)29-18-20(27-13-28-21(18)31)30-11-9-23(26,10-12-30)22(32)33;;/h1-8,13H,9-12,26H2,(H,32,33);;/q;+1;-1. The second kappa shape index (κ2) is 10.2. The van der Waals surface area contributed by atoms with Crippen LogP contribution < -0.4 is 62.0 Å². The molecule has 2 aromatic heterocycles. The Balaban J connectivity index is 0.00000171. The van der Waals surface area contributed by atoms with Gasteiger partial charge in [-0.3, -0.25) is 9.36 Å². The van der Waals surface area contributed by atoms with Crippen LogP contribution in [0.1, 0.15) is 14.3 Å². The van der Waals surface area contributed by atoms with Gasteiger partial charge in [0.15, 0.2) is 17.0 Å². The summed E-state index contributed by atoms with van der Waals surface area (Å²) < 4.78 is 1.92. The number of aromatic nitrogens is 4. The van der Waals surface area contributed by atoms with Crippen molar-refractivity contribution in [1.82, 2.24) is 19.5 Å². The zero-order valence-corrected chi connectivity index (χ0v) is 23.1. The Bertz CT molecular complexity index is 1360. The van der Waals surface area contributed by atoms with E-state index in [4.69, 9.17) is 33.9 Å². The van der Waals surface area contributed by atoms with Gasteiger partial charge in [0.25, 0.3) is 0 Å². The number of nitrogens with two attached hydrogens (primary N) is 1. The third-order valence-corrected chi connectivity index (χ3v) is 6.59. The van der Waals surface area contributed by atoms with E-state index in [0.717, 1.165) is 11.3 Å². The molecule has 0 spiro atoms. The Morgan fingerprint density at radius 1 is 1.06 bits per heavy atom. The summed E-state index contributed by atoms with van der Waals surface area (Å²) in [6, 6.07) is 14.9. The van der Waals surface area contributed by atoms with E-state index in [1.165, 1.54) is 6.33 Å². The summed E-state index contributed by atoms with van der Waals surface area (Å²) in [6.45, 7) is 0.897. The molecule has 11 heteroatoms. The van der Waals surface area contributed by atoms with Crippen molar-refractivity contribution in [2.24, 2.45) is 5.73 Å². The minimum atomic E-state index is -1.23. The first-order valence-corrected chi connectivity index (χ1v) is 11.1. The Kier molecular flexibility index (Phi) is 7.66. The summed E-state index contributed by atoms with van der Waals surface area (Å²) in [6.07, 6.45) is 2.11. The summed E-state index contributed by atoms with van der Waals surface area (Å²) in [4.78, 5) is 27.5. The smallest absolute Gasteiger partial charge is 1.00 e. The number of piperidine rings is 1. The van der Waals surface area contributed by atoms with Crippen LogP contribution in [-0.4, -0.2) is 49.2 Å². The zero-order chi connectivity index (χ0) is 23.2. The van der Waals surface area contributed by atoms with E-state index in [1.807, 2.05) is 45.9 Å². The van der Waals surface area contributed by atoms with Crippen LogP contribution in [0.2, 0.25) is 10.0 Å². The topological polar surface area (TPSA) is 110 Å². The number of fused-ring (bicyclic) bond motifs is 1. The molecule has 170 valence electrons. The number of anilines is 1. The predicted octanol–water partition coefficient (Wildman–Crippen LogP) is 1.29. The molecule has 4 aromatic rings. The average molecular weight is 523 g/mol. The normalized spacial score (nSPS) is 15.2. The summed E-state index contributed by atoms with van der Waals surface area (Å²) in [5.74, 6) is 0.270. The second-order valence-electron chi connectivity index (χ2n) is 8.04. The SMILES string of the molecule is NC1(C(=O)O)CCN(c2ncnc3c2nc(-c2ccccc2Cl)n3-c2ccc(Cl)cc2)CC1.[H-].[K+]. The number of halogens is 2. The van der Waals surface area contributed by atoms with E-state index >= 15 is 0 Å². The monoisotopic (exact) mass is 522 g/mol. The van der Waals surface area contributed by atoms with Crippen molar-refractivity contribution in [1.29, 1.82) is 0 Å². The van der Waals surface area contributed by atoms with Crippen molar-refractivity contribution < 1.29 is 62.7 Å². The Morgan fingerprint density at radius 3 is 2.38 bits per heavy atom. The van der Waals surface area contributed by atoms with Crippen LogP contribution in [-0.2, 0) is 4.79 Å². The fourth-order valence-electron chi connectivity index (χ4n) is 4.10. The molecule has 5 rings (SSSR count). The number of carbonyl (C=O) groups is 1. The Labute approximate surface area is 250 Å². The fourth-order valence-corrected chi connectivity index (χ4v) is 4.45. The van der Waals surface area contributed by atoms with Gasteiger partial charge in [-0.05, 0) is 49.2 Å². The number of carboxylic acid groups (broad SMARTS) is 1. The van der Waals surface area contributed by atoms with Crippen molar-refractivity contribution in [2.75, 3.05) is 18.0 Å². The number of imidazole rings is 1. The third kappa shape index (κ3) is 4.63. The molecule has 3 heterocycles. The Hall–Kier alpha value is -1.56. The molecule has 1 aliphatic heterocycles. The Morgan fingerprint density at radius 2 is 1.74 bits per heavy atom. The first-order valence-electron chi connectivity index (χ1n) is 10.4. The van der Waals surface area contributed by atoms with Gasteiger partial charge in [-0.25, -0.2) is 15.0 Å². The van der Waals surface area contributed by atoms with Gasteiger partial charge >= 0.3 is 57.4 Å². The first-order chi connectivity index (χ1) is 15.9. The largest absolute Gasteiger partial charge is 1.00 e. The molecule has 0 unspecified atom stereocenters. The number of rotatable bonds is 4. The van der Waals surface area contributed by atoms with Crippen molar-refractivity contribution in [3.8, 4) is 17.1 Å². The van der Waals surface area contributed by atoms with Gasteiger partial charge in [-0.15, -0.1) is 0 Å². The first kappa shape index (κ1) is 25.5. The minimum Gasteiger partial charge on any atom is -1.00 e. The van der Waals surface area contributed by atoms with E-state index in [2.05, 4.69) is 9.97 Å². The van der Waals surface area contributed by atoms with Crippen LogP contribution in [0.4, 0.5) is 5.82 Å². The maximum absolute atomic E-state index is 11.5. The predicted molar refractivity (Wildman–Crippen MR) is 129 cm³/mol. The number of aliphatic carboxylic acids is 1. The molecule has 34 heavy (non-hydrogen) atoms. The molecule has 0 amide bonds. The van der Waals surface area contributed by atoms with Crippen LogP contribution in [0.5, 0.6) is 0 Å². The molecule has 1 aliphatic rings. The summed E-state index contributed by atoms with van der Waals surface area (Å²) in [5.41, 5.74) is 7.62. The molecule has 2 aromatic carbocycles. The van der Waals surface area contributed by atoms with Gasteiger partial charge in [0, 0.05) is 29.4 Å². The van der Waals surface area contributed by atoms with Gasteiger partial charge in [0.05, 0.1) is 5.02 Å². The van der Waals surface area contributed by atoms with Gasteiger partial charge in [0.1, 0.15) is 17.7 Å². The molecule has 1 saturated heterocycles. The summed E-state index contributed by atoms with van der Waals surface area (Å²) in [7, 11) is 0. The summed E-state index contributed by atoms with van der Waals surface area (Å²) in [5, 5.41) is 10.6. The molecule has 0 saturated carbocycles. The van der Waals surface area contributed by atoms with Crippen molar-refractivity contribution >= 4 is 46.2 Å². The average Bonchev–Trinajstić information content (AvgIpc) is 3.20. The van der Waals surface area contributed by atoms with Gasteiger partial charge in [0.2, 0.25) is 0 Å². The number of hydrogen-bond donors (Lipinski definition) is 2. The maximum atomic E-state index is 11.5.